The van der Waals surface area contributed by atoms with Crippen molar-refractivity contribution in [3.05, 3.63) is 29.1 Å². The van der Waals surface area contributed by atoms with Crippen LogP contribution in [0.15, 0.2) is 23.5 Å². The van der Waals surface area contributed by atoms with Crippen LogP contribution in [-0.4, -0.2) is 61.7 Å². The number of nitrogen functional groups attached to an aromatic ring is 1. The van der Waals surface area contributed by atoms with Gasteiger partial charge in [0.05, 0.1) is 0 Å². The van der Waals surface area contributed by atoms with Gasteiger partial charge in [0.15, 0.2) is 0 Å². The predicted octanol–water partition coefficient (Wildman–Crippen LogP) is -1.15. The van der Waals surface area contributed by atoms with Crippen LogP contribution in [0.2, 0.25) is 0 Å². The second-order valence-corrected chi connectivity index (χ2v) is 5.35. The average molecular weight is 318 g/mol. The van der Waals surface area contributed by atoms with Crippen molar-refractivity contribution < 1.29 is 4.79 Å². The van der Waals surface area contributed by atoms with Crippen LogP contribution in [0.1, 0.15) is 13.0 Å². The van der Waals surface area contributed by atoms with E-state index in [0.717, 1.165) is 0 Å². The number of amides is 1. The minimum atomic E-state index is -0.391. The first-order chi connectivity index (χ1) is 11.0. The lowest BCUT2D eigenvalue weighted by Gasteiger charge is -2.36. The molecule has 0 radical (unpaired) electrons. The van der Waals surface area contributed by atoms with Crippen LogP contribution in [0, 0.1) is 0 Å². The number of H-pyrrole nitrogens is 1. The Kier molecular flexibility index (Phi) is 3.96. The number of aromatic amines is 1. The van der Waals surface area contributed by atoms with Crippen LogP contribution < -0.4 is 16.2 Å². The summed E-state index contributed by atoms with van der Waals surface area (Å²) in [4.78, 5) is 38.1. The average Bonchev–Trinajstić information content (AvgIpc) is 3.07. The molecule has 2 aromatic heterocycles. The number of hydrogen-bond donors (Lipinski definition) is 2. The van der Waals surface area contributed by atoms with E-state index in [9.17, 15) is 9.59 Å². The van der Waals surface area contributed by atoms with Gasteiger partial charge in [0, 0.05) is 32.2 Å². The maximum absolute atomic E-state index is 12.5. The van der Waals surface area contributed by atoms with E-state index in [4.69, 9.17) is 5.73 Å². The Hall–Kier alpha value is -2.91. The highest BCUT2D eigenvalue weighted by Gasteiger charge is 2.26. The number of anilines is 2. The maximum atomic E-state index is 12.5. The second kappa shape index (κ2) is 6.07. The number of rotatable bonds is 3. The molecule has 122 valence electrons. The van der Waals surface area contributed by atoms with E-state index in [-0.39, 0.29) is 17.4 Å². The monoisotopic (exact) mass is 318 g/mol. The van der Waals surface area contributed by atoms with Gasteiger partial charge in [0.1, 0.15) is 24.5 Å². The molecule has 3 N–H and O–H groups in total. The Morgan fingerprint density at radius 3 is 2.70 bits per heavy atom. The van der Waals surface area contributed by atoms with Crippen molar-refractivity contribution >= 4 is 17.7 Å². The summed E-state index contributed by atoms with van der Waals surface area (Å²) in [6.45, 7) is 4.07. The quantitative estimate of drug-likeness (QED) is 0.732. The molecule has 0 bridgehead atoms. The highest BCUT2D eigenvalue weighted by atomic mass is 16.2. The first kappa shape index (κ1) is 15.0. The topological polar surface area (TPSA) is 126 Å². The number of nitrogens with zero attached hydrogens (tertiary/aromatic N) is 6. The smallest absolute Gasteiger partial charge is 0.254 e. The summed E-state index contributed by atoms with van der Waals surface area (Å²) in [6.07, 6.45) is 2.94. The van der Waals surface area contributed by atoms with Crippen molar-refractivity contribution in [1.29, 1.82) is 0 Å². The molecule has 1 aliphatic rings. The minimum Gasteiger partial charge on any atom is -0.369 e. The number of carbonyl (C=O) groups excluding carboxylic acids is 1. The lowest BCUT2D eigenvalue weighted by Crippen LogP contribution is -2.50. The molecule has 10 heteroatoms. The molecule has 2 aromatic rings. The molecule has 0 unspecified atom stereocenters. The molecular weight excluding hydrogens is 300 g/mol. The molecule has 1 amide bonds. The van der Waals surface area contributed by atoms with Gasteiger partial charge >= 0.3 is 0 Å². The second-order valence-electron chi connectivity index (χ2n) is 5.35. The van der Waals surface area contributed by atoms with E-state index in [0.29, 0.717) is 32.0 Å². The Morgan fingerprint density at radius 2 is 2.09 bits per heavy atom. The van der Waals surface area contributed by atoms with Gasteiger partial charge in [0.2, 0.25) is 11.9 Å². The van der Waals surface area contributed by atoms with Gasteiger partial charge in [-0.3, -0.25) is 14.6 Å². The third-order valence-corrected chi connectivity index (χ3v) is 3.85. The number of hydrogen-bond acceptors (Lipinski definition) is 7. The summed E-state index contributed by atoms with van der Waals surface area (Å²) in [5.41, 5.74) is 5.28. The van der Waals surface area contributed by atoms with Crippen molar-refractivity contribution in [3.63, 3.8) is 0 Å². The zero-order valence-corrected chi connectivity index (χ0v) is 12.7. The van der Waals surface area contributed by atoms with E-state index >= 15 is 0 Å². The lowest BCUT2D eigenvalue weighted by atomic mass is 10.2. The van der Waals surface area contributed by atoms with Gasteiger partial charge < -0.3 is 15.5 Å². The summed E-state index contributed by atoms with van der Waals surface area (Å²) in [7, 11) is 0. The molecule has 1 fully saturated rings. The summed E-state index contributed by atoms with van der Waals surface area (Å²) >= 11 is 0. The normalized spacial score (nSPS) is 16.4. The molecular formula is C13H18N8O2. The first-order valence-corrected chi connectivity index (χ1v) is 7.29. The Morgan fingerprint density at radius 1 is 1.35 bits per heavy atom. The molecule has 1 atom stereocenters. The summed E-state index contributed by atoms with van der Waals surface area (Å²) < 4.78 is 1.54. The standard InChI is InChI=1S/C13H18N8O2/c1-9(21-8-15-7-16-21)12(23)20-4-2-19(3-5-20)10-6-11(22)18-13(14)17-10/h6-9H,2-5H2,1H3,(H3,14,17,18,22)/t9-/m0/s1. The lowest BCUT2D eigenvalue weighted by molar-refractivity contribution is -0.134. The number of aromatic nitrogens is 5. The maximum Gasteiger partial charge on any atom is 0.254 e. The first-order valence-electron chi connectivity index (χ1n) is 7.29. The third-order valence-electron chi connectivity index (χ3n) is 3.85. The van der Waals surface area contributed by atoms with Crippen LogP contribution in [0.3, 0.4) is 0 Å². The highest BCUT2D eigenvalue weighted by Crippen LogP contribution is 2.15. The fourth-order valence-corrected chi connectivity index (χ4v) is 2.58. The molecule has 23 heavy (non-hydrogen) atoms. The largest absolute Gasteiger partial charge is 0.369 e. The molecule has 3 rings (SSSR count). The summed E-state index contributed by atoms with van der Waals surface area (Å²) in [5.74, 6) is 0.613. The van der Waals surface area contributed by atoms with E-state index in [2.05, 4.69) is 20.1 Å². The van der Waals surface area contributed by atoms with Crippen molar-refractivity contribution in [2.24, 2.45) is 0 Å². The summed E-state index contributed by atoms with van der Waals surface area (Å²) in [5, 5.41) is 4.00. The Labute approximate surface area is 131 Å². The molecule has 3 heterocycles. The van der Waals surface area contributed by atoms with Crippen molar-refractivity contribution in [3.8, 4) is 0 Å². The van der Waals surface area contributed by atoms with Gasteiger partial charge in [-0.25, -0.2) is 9.67 Å². The molecule has 0 saturated carbocycles. The van der Waals surface area contributed by atoms with Crippen molar-refractivity contribution in [2.45, 2.75) is 13.0 Å². The van der Waals surface area contributed by atoms with Gasteiger partial charge in [-0.05, 0) is 6.92 Å². The van der Waals surface area contributed by atoms with Gasteiger partial charge in [0.25, 0.3) is 5.56 Å². The van der Waals surface area contributed by atoms with E-state index in [1.54, 1.807) is 11.8 Å². The zero-order valence-electron chi connectivity index (χ0n) is 12.7. The predicted molar refractivity (Wildman–Crippen MR) is 82.8 cm³/mol. The van der Waals surface area contributed by atoms with Crippen molar-refractivity contribution in [1.82, 2.24) is 29.6 Å². The fourth-order valence-electron chi connectivity index (χ4n) is 2.58. The number of nitrogens with two attached hydrogens (primary N) is 1. The summed E-state index contributed by atoms with van der Waals surface area (Å²) in [6, 6.07) is 1.02. The molecule has 0 aliphatic carbocycles. The van der Waals surface area contributed by atoms with Crippen molar-refractivity contribution in [2.75, 3.05) is 36.8 Å². The van der Waals surface area contributed by atoms with E-state index in [1.165, 1.54) is 23.4 Å². The van der Waals surface area contributed by atoms with Gasteiger partial charge in [-0.2, -0.15) is 10.1 Å². The Bertz CT molecular complexity index is 733. The highest BCUT2D eigenvalue weighted by molar-refractivity contribution is 5.80. The SMILES string of the molecule is C[C@@H](C(=O)N1CCN(c2cc(=O)[nH]c(N)n2)CC1)n1cncn1. The zero-order chi connectivity index (χ0) is 16.4. The van der Waals surface area contributed by atoms with E-state index < -0.39 is 6.04 Å². The molecule has 10 nitrogen and oxygen atoms in total. The number of nitrogens with one attached hydrogen (secondary N) is 1. The van der Waals surface area contributed by atoms with Crippen LogP contribution in [-0.2, 0) is 4.79 Å². The molecule has 0 spiro atoms. The van der Waals surface area contributed by atoms with Crippen LogP contribution >= 0.6 is 0 Å². The van der Waals surface area contributed by atoms with Crippen LogP contribution in [0.5, 0.6) is 0 Å². The van der Waals surface area contributed by atoms with Gasteiger partial charge in [-0.1, -0.05) is 0 Å². The van der Waals surface area contributed by atoms with Crippen LogP contribution in [0.4, 0.5) is 11.8 Å². The van der Waals surface area contributed by atoms with Crippen LogP contribution in [0.25, 0.3) is 0 Å². The number of piperazine rings is 1. The van der Waals surface area contributed by atoms with E-state index in [1.807, 2.05) is 4.90 Å². The van der Waals surface area contributed by atoms with Gasteiger partial charge in [-0.15, -0.1) is 0 Å². The molecule has 0 aromatic carbocycles. The Balaban J connectivity index is 1.64. The minimum absolute atomic E-state index is 0.00599. The molecule has 1 saturated heterocycles. The third kappa shape index (κ3) is 3.15. The fraction of sp³-hybridized carbons (Fsp3) is 0.462. The number of carbonyl (C=O) groups is 1. The molecule has 1 aliphatic heterocycles.